The van der Waals surface area contributed by atoms with E-state index < -0.39 is 0 Å². The molecular weight excluding hydrogens is 216 g/mol. The molecule has 2 aliphatic carbocycles. The first-order valence-corrected chi connectivity index (χ1v) is 7.52. The predicted octanol–water partition coefficient (Wildman–Crippen LogP) is 5.53. The van der Waals surface area contributed by atoms with Gasteiger partial charge in [-0.15, -0.1) is 0 Å². The zero-order chi connectivity index (χ0) is 13.3. The van der Waals surface area contributed by atoms with Crippen LogP contribution in [0.3, 0.4) is 0 Å². The van der Waals surface area contributed by atoms with Gasteiger partial charge >= 0.3 is 0 Å². The van der Waals surface area contributed by atoms with Gasteiger partial charge < -0.3 is 0 Å². The van der Waals surface area contributed by atoms with Crippen LogP contribution in [0.4, 0.5) is 0 Å². The molecule has 0 heterocycles. The first kappa shape index (κ1) is 13.6. The van der Waals surface area contributed by atoms with Crippen molar-refractivity contribution in [1.29, 1.82) is 0 Å². The largest absolute Gasteiger partial charge is 0.0918 e. The van der Waals surface area contributed by atoms with Gasteiger partial charge in [-0.05, 0) is 42.6 Å². The molecule has 0 aromatic heterocycles. The van der Waals surface area contributed by atoms with Gasteiger partial charge in [-0.3, -0.25) is 0 Å². The van der Waals surface area contributed by atoms with Crippen molar-refractivity contribution >= 4 is 0 Å². The summed E-state index contributed by atoms with van der Waals surface area (Å²) in [7, 11) is 0. The Morgan fingerprint density at radius 1 is 1.44 bits per heavy atom. The van der Waals surface area contributed by atoms with Crippen LogP contribution < -0.4 is 0 Å². The molecule has 0 amide bonds. The molecule has 0 aromatic rings. The molecule has 2 rings (SSSR count). The lowest BCUT2D eigenvalue weighted by Crippen LogP contribution is -2.37. The van der Waals surface area contributed by atoms with E-state index >= 15 is 0 Å². The van der Waals surface area contributed by atoms with Crippen LogP contribution in [-0.4, -0.2) is 0 Å². The maximum absolute atomic E-state index is 4.09. The van der Waals surface area contributed by atoms with E-state index in [1.807, 2.05) is 0 Å². The van der Waals surface area contributed by atoms with Crippen LogP contribution in [0, 0.1) is 23.2 Å². The topological polar surface area (TPSA) is 0 Å². The molecule has 100 valence electrons. The minimum atomic E-state index is 0.299. The number of fused-ring (bicyclic) bond motifs is 1. The fourth-order valence-corrected chi connectivity index (χ4v) is 3.79. The van der Waals surface area contributed by atoms with Crippen molar-refractivity contribution in [2.45, 2.75) is 53.4 Å². The van der Waals surface area contributed by atoms with Crippen molar-refractivity contribution in [3.8, 4) is 0 Å². The second-order valence-corrected chi connectivity index (χ2v) is 6.95. The lowest BCUT2D eigenvalue weighted by atomic mass is 9.57. The summed E-state index contributed by atoms with van der Waals surface area (Å²) in [6.45, 7) is 13.7. The van der Waals surface area contributed by atoms with Gasteiger partial charge in [0.15, 0.2) is 0 Å². The maximum atomic E-state index is 4.09. The fraction of sp³-hybridized carbons (Fsp3) is 0.667. The van der Waals surface area contributed by atoms with E-state index in [0.29, 0.717) is 5.41 Å². The van der Waals surface area contributed by atoms with E-state index in [1.165, 1.54) is 31.3 Å². The van der Waals surface area contributed by atoms with Gasteiger partial charge in [0, 0.05) is 5.41 Å². The average molecular weight is 244 g/mol. The van der Waals surface area contributed by atoms with Crippen molar-refractivity contribution in [3.63, 3.8) is 0 Å². The standard InChI is InChI=1S/C18H28/c1-13(2)6-9-17-15(4)7-8-16-12-14(3)10-11-18(16,17)5/h10-13,15,17H,3,6-9H2,1-2,4-5H3. The highest BCUT2D eigenvalue weighted by Crippen LogP contribution is 2.52. The third-order valence-electron chi connectivity index (χ3n) is 5.08. The Labute approximate surface area is 113 Å². The molecule has 0 nitrogen and oxygen atoms in total. The van der Waals surface area contributed by atoms with Crippen molar-refractivity contribution in [3.05, 3.63) is 36.0 Å². The fourth-order valence-electron chi connectivity index (χ4n) is 3.79. The molecule has 18 heavy (non-hydrogen) atoms. The van der Waals surface area contributed by atoms with E-state index in [4.69, 9.17) is 0 Å². The molecule has 0 bridgehead atoms. The van der Waals surface area contributed by atoms with Crippen LogP contribution in [0.25, 0.3) is 0 Å². The Morgan fingerprint density at radius 2 is 2.17 bits per heavy atom. The molecule has 2 aliphatic rings. The van der Waals surface area contributed by atoms with E-state index in [2.05, 4.69) is 52.5 Å². The van der Waals surface area contributed by atoms with Gasteiger partial charge in [-0.25, -0.2) is 0 Å². The quantitative estimate of drug-likeness (QED) is 0.612. The first-order valence-electron chi connectivity index (χ1n) is 7.52. The zero-order valence-corrected chi connectivity index (χ0v) is 12.5. The van der Waals surface area contributed by atoms with Crippen LogP contribution in [0.2, 0.25) is 0 Å². The molecule has 3 unspecified atom stereocenters. The second-order valence-electron chi connectivity index (χ2n) is 6.95. The van der Waals surface area contributed by atoms with Crippen molar-refractivity contribution < 1.29 is 0 Å². The third kappa shape index (κ3) is 2.48. The Morgan fingerprint density at radius 3 is 2.83 bits per heavy atom. The minimum absolute atomic E-state index is 0.299. The van der Waals surface area contributed by atoms with Gasteiger partial charge in [0.1, 0.15) is 0 Å². The molecule has 0 saturated heterocycles. The van der Waals surface area contributed by atoms with Crippen LogP contribution in [0.5, 0.6) is 0 Å². The van der Waals surface area contributed by atoms with Crippen LogP contribution in [0.15, 0.2) is 36.0 Å². The Kier molecular flexibility index (Phi) is 3.84. The normalized spacial score (nSPS) is 35.6. The molecule has 1 saturated carbocycles. The van der Waals surface area contributed by atoms with Crippen LogP contribution in [-0.2, 0) is 0 Å². The molecule has 0 spiro atoms. The van der Waals surface area contributed by atoms with Crippen LogP contribution >= 0.6 is 0 Å². The average Bonchev–Trinajstić information content (AvgIpc) is 2.29. The molecule has 0 aliphatic heterocycles. The van der Waals surface area contributed by atoms with Gasteiger partial charge in [-0.1, -0.05) is 64.5 Å². The molecule has 3 atom stereocenters. The lowest BCUT2D eigenvalue weighted by Gasteiger charge is -2.47. The Balaban J connectivity index is 2.22. The van der Waals surface area contributed by atoms with E-state index in [9.17, 15) is 0 Å². The van der Waals surface area contributed by atoms with Gasteiger partial charge in [-0.2, -0.15) is 0 Å². The van der Waals surface area contributed by atoms with Crippen molar-refractivity contribution in [1.82, 2.24) is 0 Å². The van der Waals surface area contributed by atoms with E-state index in [0.717, 1.165) is 17.8 Å². The molecule has 1 fully saturated rings. The Bertz CT molecular complexity index is 383. The van der Waals surface area contributed by atoms with Gasteiger partial charge in [0.25, 0.3) is 0 Å². The summed E-state index contributed by atoms with van der Waals surface area (Å²) in [4.78, 5) is 0. The Hall–Kier alpha value is -0.780. The van der Waals surface area contributed by atoms with Crippen molar-refractivity contribution in [2.75, 3.05) is 0 Å². The molecule has 0 N–H and O–H groups in total. The molecule has 0 aromatic carbocycles. The van der Waals surface area contributed by atoms with Gasteiger partial charge in [0.2, 0.25) is 0 Å². The first-order chi connectivity index (χ1) is 8.43. The minimum Gasteiger partial charge on any atom is -0.0918 e. The lowest BCUT2D eigenvalue weighted by molar-refractivity contribution is 0.147. The third-order valence-corrected chi connectivity index (χ3v) is 5.08. The summed E-state index contributed by atoms with van der Waals surface area (Å²) in [6, 6.07) is 0. The highest BCUT2D eigenvalue weighted by atomic mass is 14.5. The zero-order valence-electron chi connectivity index (χ0n) is 12.5. The predicted molar refractivity (Wildman–Crippen MR) is 80.4 cm³/mol. The van der Waals surface area contributed by atoms with Gasteiger partial charge in [0.05, 0.1) is 0 Å². The van der Waals surface area contributed by atoms with Crippen molar-refractivity contribution in [2.24, 2.45) is 23.2 Å². The highest BCUT2D eigenvalue weighted by Gasteiger charge is 2.42. The summed E-state index contributed by atoms with van der Waals surface area (Å²) >= 11 is 0. The van der Waals surface area contributed by atoms with E-state index in [1.54, 1.807) is 5.57 Å². The maximum Gasteiger partial charge on any atom is 0.00998 e. The molecule has 0 heteroatoms. The summed E-state index contributed by atoms with van der Waals surface area (Å²) < 4.78 is 0. The summed E-state index contributed by atoms with van der Waals surface area (Å²) in [6.07, 6.45) is 12.3. The summed E-state index contributed by atoms with van der Waals surface area (Å²) in [5.41, 5.74) is 3.11. The van der Waals surface area contributed by atoms with Crippen LogP contribution in [0.1, 0.15) is 53.4 Å². The SMILES string of the molecule is C=C1C=CC2(C)C(=C1)CCC(C)C2CCC(C)C. The summed E-state index contributed by atoms with van der Waals surface area (Å²) in [5, 5.41) is 0. The molecular formula is C18H28. The summed E-state index contributed by atoms with van der Waals surface area (Å²) in [5.74, 6) is 2.48. The smallest absolute Gasteiger partial charge is 0.00998 e. The van der Waals surface area contributed by atoms with E-state index in [-0.39, 0.29) is 0 Å². The highest BCUT2D eigenvalue weighted by molar-refractivity contribution is 5.42. The second kappa shape index (κ2) is 5.07. The molecule has 0 radical (unpaired) electrons. The number of hydrogen-bond acceptors (Lipinski definition) is 0. The monoisotopic (exact) mass is 244 g/mol. The number of allylic oxidation sites excluding steroid dienone is 5. The number of rotatable bonds is 3. The number of hydrogen-bond donors (Lipinski definition) is 0.